The van der Waals surface area contributed by atoms with Crippen molar-refractivity contribution in [2.45, 2.75) is 13.0 Å². The molecule has 4 heteroatoms. The molecule has 1 aromatic heterocycles. The average molecular weight is 215 g/mol. The molecule has 0 aliphatic carbocycles. The SMILES string of the molecule is CC(C(N)=O)n1ccnc1-c1ccccc1. The number of nitrogens with two attached hydrogens (primary N) is 1. The molecule has 1 aromatic carbocycles. The van der Waals surface area contributed by atoms with Crippen LogP contribution >= 0.6 is 0 Å². The Balaban J connectivity index is 2.44. The molecule has 4 nitrogen and oxygen atoms in total. The van der Waals surface area contributed by atoms with Gasteiger partial charge in [0.2, 0.25) is 5.91 Å². The second-order valence-electron chi connectivity index (χ2n) is 3.60. The van der Waals surface area contributed by atoms with Gasteiger partial charge in [0.1, 0.15) is 11.9 Å². The molecule has 0 fully saturated rings. The molecule has 0 saturated carbocycles. The van der Waals surface area contributed by atoms with Crippen molar-refractivity contribution in [1.29, 1.82) is 0 Å². The maximum Gasteiger partial charge on any atom is 0.240 e. The molecule has 2 rings (SSSR count). The Morgan fingerprint density at radius 3 is 2.69 bits per heavy atom. The second kappa shape index (κ2) is 4.18. The molecule has 0 radical (unpaired) electrons. The molecular weight excluding hydrogens is 202 g/mol. The first-order valence-electron chi connectivity index (χ1n) is 5.07. The van der Waals surface area contributed by atoms with Gasteiger partial charge in [-0.3, -0.25) is 4.79 Å². The molecule has 2 N–H and O–H groups in total. The fourth-order valence-corrected chi connectivity index (χ4v) is 1.57. The van der Waals surface area contributed by atoms with Crippen molar-refractivity contribution in [3.8, 4) is 11.4 Å². The highest BCUT2D eigenvalue weighted by atomic mass is 16.1. The van der Waals surface area contributed by atoms with Crippen LogP contribution in [0.25, 0.3) is 11.4 Å². The first kappa shape index (κ1) is 10.4. The van der Waals surface area contributed by atoms with E-state index >= 15 is 0 Å². The predicted molar refractivity (Wildman–Crippen MR) is 61.6 cm³/mol. The quantitative estimate of drug-likeness (QED) is 0.845. The van der Waals surface area contributed by atoms with Gasteiger partial charge in [0.05, 0.1) is 0 Å². The number of rotatable bonds is 3. The minimum absolute atomic E-state index is 0.366. The number of amides is 1. The predicted octanol–water partition coefficient (Wildman–Crippen LogP) is 1.60. The van der Waals surface area contributed by atoms with Crippen LogP contribution in [-0.2, 0) is 4.79 Å². The number of aromatic nitrogens is 2. The minimum Gasteiger partial charge on any atom is -0.368 e. The first-order chi connectivity index (χ1) is 7.70. The molecule has 1 atom stereocenters. The Morgan fingerprint density at radius 1 is 1.38 bits per heavy atom. The van der Waals surface area contributed by atoms with Crippen LogP contribution in [0.2, 0.25) is 0 Å². The van der Waals surface area contributed by atoms with Crippen LogP contribution in [-0.4, -0.2) is 15.5 Å². The fourth-order valence-electron chi connectivity index (χ4n) is 1.57. The molecule has 2 aromatic rings. The average Bonchev–Trinajstić information content (AvgIpc) is 2.77. The van der Waals surface area contributed by atoms with Gasteiger partial charge in [-0.25, -0.2) is 4.98 Å². The van der Waals surface area contributed by atoms with Crippen LogP contribution < -0.4 is 5.73 Å². The van der Waals surface area contributed by atoms with E-state index < -0.39 is 6.04 Å². The molecular formula is C12H13N3O. The number of primary amides is 1. The van der Waals surface area contributed by atoms with Gasteiger partial charge in [-0.2, -0.15) is 0 Å². The van der Waals surface area contributed by atoms with E-state index in [4.69, 9.17) is 5.73 Å². The molecule has 0 spiro atoms. The van der Waals surface area contributed by atoms with Gasteiger partial charge in [0, 0.05) is 18.0 Å². The van der Waals surface area contributed by atoms with E-state index in [9.17, 15) is 4.79 Å². The van der Waals surface area contributed by atoms with Gasteiger partial charge >= 0.3 is 0 Å². The molecule has 0 bridgehead atoms. The van der Waals surface area contributed by atoms with Crippen molar-refractivity contribution in [3.05, 3.63) is 42.7 Å². The molecule has 1 heterocycles. The lowest BCUT2D eigenvalue weighted by Gasteiger charge is -2.12. The number of carbonyl (C=O) groups is 1. The van der Waals surface area contributed by atoms with E-state index in [1.807, 2.05) is 30.3 Å². The summed E-state index contributed by atoms with van der Waals surface area (Å²) in [6.45, 7) is 1.76. The first-order valence-corrected chi connectivity index (χ1v) is 5.07. The Kier molecular flexibility index (Phi) is 2.72. The normalized spacial score (nSPS) is 12.3. The summed E-state index contributed by atoms with van der Waals surface area (Å²) >= 11 is 0. The van der Waals surface area contributed by atoms with Crippen LogP contribution in [0, 0.1) is 0 Å². The lowest BCUT2D eigenvalue weighted by Crippen LogP contribution is -2.24. The summed E-state index contributed by atoms with van der Waals surface area (Å²) in [6, 6.07) is 9.32. The summed E-state index contributed by atoms with van der Waals surface area (Å²) in [6.07, 6.45) is 3.43. The van der Waals surface area contributed by atoms with E-state index in [2.05, 4.69) is 4.98 Å². The molecule has 82 valence electrons. The summed E-state index contributed by atoms with van der Waals surface area (Å²) in [7, 11) is 0. The Labute approximate surface area is 93.7 Å². The lowest BCUT2D eigenvalue weighted by atomic mass is 10.2. The van der Waals surface area contributed by atoms with Crippen LogP contribution in [0.1, 0.15) is 13.0 Å². The monoisotopic (exact) mass is 215 g/mol. The largest absolute Gasteiger partial charge is 0.368 e. The third-order valence-electron chi connectivity index (χ3n) is 2.53. The second-order valence-corrected chi connectivity index (χ2v) is 3.60. The van der Waals surface area contributed by atoms with Gasteiger partial charge in [0.15, 0.2) is 0 Å². The summed E-state index contributed by atoms with van der Waals surface area (Å²) in [5, 5.41) is 0. The Morgan fingerprint density at radius 2 is 2.06 bits per heavy atom. The van der Waals surface area contributed by atoms with Crippen LogP contribution in [0.5, 0.6) is 0 Å². The molecule has 0 saturated heterocycles. The smallest absolute Gasteiger partial charge is 0.240 e. The van der Waals surface area contributed by atoms with Crippen LogP contribution in [0.15, 0.2) is 42.7 Å². The van der Waals surface area contributed by atoms with Crippen LogP contribution in [0.3, 0.4) is 0 Å². The fraction of sp³-hybridized carbons (Fsp3) is 0.167. The number of hydrogen-bond donors (Lipinski definition) is 1. The zero-order valence-electron chi connectivity index (χ0n) is 9.00. The lowest BCUT2D eigenvalue weighted by molar-refractivity contribution is -0.120. The molecule has 16 heavy (non-hydrogen) atoms. The zero-order chi connectivity index (χ0) is 11.5. The Bertz CT molecular complexity index is 490. The highest BCUT2D eigenvalue weighted by Gasteiger charge is 2.15. The summed E-state index contributed by atoms with van der Waals surface area (Å²) in [5.41, 5.74) is 6.26. The van der Waals surface area contributed by atoms with Crippen molar-refractivity contribution in [3.63, 3.8) is 0 Å². The maximum atomic E-state index is 11.2. The Hall–Kier alpha value is -2.10. The van der Waals surface area contributed by atoms with Gasteiger partial charge in [-0.1, -0.05) is 30.3 Å². The topological polar surface area (TPSA) is 60.9 Å². The third kappa shape index (κ3) is 1.82. The van der Waals surface area contributed by atoms with E-state index in [0.29, 0.717) is 0 Å². The molecule has 0 aliphatic rings. The summed E-state index contributed by atoms with van der Waals surface area (Å²) in [4.78, 5) is 15.4. The standard InChI is InChI=1S/C12H13N3O/c1-9(11(13)16)15-8-7-14-12(15)10-5-3-2-4-6-10/h2-9H,1H3,(H2,13,16). The van der Waals surface area contributed by atoms with Gasteiger partial charge in [-0.15, -0.1) is 0 Å². The summed E-state index contributed by atoms with van der Waals surface area (Å²) in [5.74, 6) is 0.391. The van der Waals surface area contributed by atoms with Gasteiger partial charge < -0.3 is 10.3 Å². The van der Waals surface area contributed by atoms with Crippen molar-refractivity contribution in [2.75, 3.05) is 0 Å². The molecule has 1 amide bonds. The van der Waals surface area contributed by atoms with Crippen molar-refractivity contribution in [1.82, 2.24) is 9.55 Å². The maximum absolute atomic E-state index is 11.2. The number of nitrogens with zero attached hydrogens (tertiary/aromatic N) is 2. The van der Waals surface area contributed by atoms with E-state index in [-0.39, 0.29) is 5.91 Å². The highest BCUT2D eigenvalue weighted by Crippen LogP contribution is 2.20. The van der Waals surface area contributed by atoms with Crippen molar-refractivity contribution in [2.24, 2.45) is 5.73 Å². The van der Waals surface area contributed by atoms with E-state index in [1.165, 1.54) is 0 Å². The minimum atomic E-state index is -0.391. The number of carbonyl (C=O) groups excluding carboxylic acids is 1. The molecule has 1 unspecified atom stereocenters. The van der Waals surface area contributed by atoms with E-state index in [0.717, 1.165) is 11.4 Å². The number of benzene rings is 1. The molecule has 0 aliphatic heterocycles. The van der Waals surface area contributed by atoms with Crippen molar-refractivity contribution < 1.29 is 4.79 Å². The number of imidazole rings is 1. The number of hydrogen-bond acceptors (Lipinski definition) is 2. The highest BCUT2D eigenvalue weighted by molar-refractivity contribution is 5.78. The van der Waals surface area contributed by atoms with Gasteiger partial charge in [0.25, 0.3) is 0 Å². The van der Waals surface area contributed by atoms with Crippen molar-refractivity contribution >= 4 is 5.91 Å². The summed E-state index contributed by atoms with van der Waals surface area (Å²) < 4.78 is 1.78. The third-order valence-corrected chi connectivity index (χ3v) is 2.53. The van der Waals surface area contributed by atoms with Crippen LogP contribution in [0.4, 0.5) is 0 Å². The zero-order valence-corrected chi connectivity index (χ0v) is 9.00. The van der Waals surface area contributed by atoms with Gasteiger partial charge in [-0.05, 0) is 6.92 Å². The van der Waals surface area contributed by atoms with E-state index in [1.54, 1.807) is 23.9 Å².